The van der Waals surface area contributed by atoms with Gasteiger partial charge in [-0.15, -0.1) is 0 Å². The van der Waals surface area contributed by atoms with E-state index in [4.69, 9.17) is 9.47 Å². The Morgan fingerprint density at radius 2 is 2.10 bits per heavy atom. The van der Waals surface area contributed by atoms with Crippen LogP contribution >= 0.6 is 0 Å². The molecule has 6 nitrogen and oxygen atoms in total. The van der Waals surface area contributed by atoms with Crippen LogP contribution in [0.25, 0.3) is 11.1 Å². The molecule has 106 valence electrons. The van der Waals surface area contributed by atoms with Crippen LogP contribution in [0.15, 0.2) is 41.9 Å². The van der Waals surface area contributed by atoms with E-state index >= 15 is 0 Å². The molecular formula is C15H14N4O2. The molecule has 1 aromatic heterocycles. The van der Waals surface area contributed by atoms with Crippen LogP contribution in [0.3, 0.4) is 0 Å². The average Bonchev–Trinajstić information content (AvgIpc) is 3.09. The maximum atomic E-state index is 6.13. The summed E-state index contributed by atoms with van der Waals surface area (Å²) in [6, 6.07) is 5.83. The van der Waals surface area contributed by atoms with E-state index in [9.17, 15) is 0 Å². The zero-order valence-electron chi connectivity index (χ0n) is 11.3. The molecule has 1 aromatic carbocycles. The highest BCUT2D eigenvalue weighted by molar-refractivity contribution is 5.89. The number of para-hydroxylation sites is 1. The Kier molecular flexibility index (Phi) is 2.92. The number of nitrogens with zero attached hydrogens (tertiary/aromatic N) is 3. The number of aliphatic imine (C=N–C) groups is 1. The Bertz CT molecular complexity index is 687. The predicted octanol–water partition coefficient (Wildman–Crippen LogP) is 1.29. The number of ether oxygens (including phenoxy) is 2. The van der Waals surface area contributed by atoms with Crippen LogP contribution in [0.5, 0.6) is 11.5 Å². The van der Waals surface area contributed by atoms with Gasteiger partial charge in [-0.3, -0.25) is 4.99 Å². The SMILES string of the molecule is c1cc2c(c(-c3cncnc3)c1)OC(C1=NCCN1)CO2. The van der Waals surface area contributed by atoms with Gasteiger partial charge in [-0.05, 0) is 6.07 Å². The van der Waals surface area contributed by atoms with Crippen LogP contribution in [0.4, 0.5) is 0 Å². The second-order valence-electron chi connectivity index (χ2n) is 4.87. The minimum absolute atomic E-state index is 0.189. The van der Waals surface area contributed by atoms with E-state index in [0.717, 1.165) is 41.6 Å². The first-order valence-corrected chi connectivity index (χ1v) is 6.88. The molecule has 1 unspecified atom stereocenters. The minimum atomic E-state index is -0.189. The number of nitrogens with one attached hydrogen (secondary N) is 1. The molecule has 1 atom stereocenters. The van der Waals surface area contributed by atoms with Crippen molar-refractivity contribution in [1.29, 1.82) is 0 Å². The van der Waals surface area contributed by atoms with E-state index in [1.807, 2.05) is 18.2 Å². The maximum Gasteiger partial charge on any atom is 0.189 e. The number of hydrogen-bond acceptors (Lipinski definition) is 6. The summed E-state index contributed by atoms with van der Waals surface area (Å²) in [7, 11) is 0. The highest BCUT2D eigenvalue weighted by Crippen LogP contribution is 2.40. The summed E-state index contributed by atoms with van der Waals surface area (Å²) in [4.78, 5) is 12.5. The molecule has 3 heterocycles. The first-order chi connectivity index (χ1) is 10.4. The summed E-state index contributed by atoms with van der Waals surface area (Å²) in [6.07, 6.45) is 4.85. The Morgan fingerprint density at radius 1 is 1.19 bits per heavy atom. The fraction of sp³-hybridized carbons (Fsp3) is 0.267. The molecule has 0 fully saturated rings. The number of fused-ring (bicyclic) bond motifs is 1. The molecule has 2 aromatic rings. The van der Waals surface area contributed by atoms with Crippen LogP contribution < -0.4 is 14.8 Å². The van der Waals surface area contributed by atoms with Crippen molar-refractivity contribution in [3.63, 3.8) is 0 Å². The zero-order chi connectivity index (χ0) is 14.1. The molecule has 0 amide bonds. The predicted molar refractivity (Wildman–Crippen MR) is 77.7 cm³/mol. The monoisotopic (exact) mass is 282 g/mol. The van der Waals surface area contributed by atoms with Gasteiger partial charge in [0.25, 0.3) is 0 Å². The van der Waals surface area contributed by atoms with Crippen molar-refractivity contribution in [1.82, 2.24) is 15.3 Å². The van der Waals surface area contributed by atoms with Gasteiger partial charge in [-0.2, -0.15) is 0 Å². The van der Waals surface area contributed by atoms with Crippen molar-refractivity contribution >= 4 is 5.84 Å². The lowest BCUT2D eigenvalue weighted by atomic mass is 10.1. The molecule has 21 heavy (non-hydrogen) atoms. The average molecular weight is 282 g/mol. The van der Waals surface area contributed by atoms with Gasteiger partial charge in [-0.1, -0.05) is 12.1 Å². The minimum Gasteiger partial charge on any atom is -0.485 e. The highest BCUT2D eigenvalue weighted by Gasteiger charge is 2.29. The van der Waals surface area contributed by atoms with Gasteiger partial charge >= 0.3 is 0 Å². The summed E-state index contributed by atoms with van der Waals surface area (Å²) < 4.78 is 12.0. The summed E-state index contributed by atoms with van der Waals surface area (Å²) in [5.74, 6) is 2.32. The third-order valence-electron chi connectivity index (χ3n) is 3.51. The Labute approximate surface area is 121 Å². The first-order valence-electron chi connectivity index (χ1n) is 6.88. The second kappa shape index (κ2) is 5.05. The fourth-order valence-electron chi connectivity index (χ4n) is 2.52. The van der Waals surface area contributed by atoms with E-state index in [2.05, 4.69) is 20.3 Å². The normalized spacial score (nSPS) is 19.8. The van der Waals surface area contributed by atoms with Gasteiger partial charge in [0, 0.05) is 30.1 Å². The number of hydrogen-bond donors (Lipinski definition) is 1. The van der Waals surface area contributed by atoms with Crippen molar-refractivity contribution in [2.24, 2.45) is 4.99 Å². The summed E-state index contributed by atoms with van der Waals surface area (Å²) >= 11 is 0. The van der Waals surface area contributed by atoms with Crippen LogP contribution in [0.2, 0.25) is 0 Å². The lowest BCUT2D eigenvalue weighted by Gasteiger charge is -2.28. The summed E-state index contributed by atoms with van der Waals surface area (Å²) in [5.41, 5.74) is 1.83. The Morgan fingerprint density at radius 3 is 2.90 bits per heavy atom. The number of rotatable bonds is 2. The van der Waals surface area contributed by atoms with Gasteiger partial charge < -0.3 is 14.8 Å². The van der Waals surface area contributed by atoms with E-state index in [1.165, 1.54) is 6.33 Å². The number of aromatic nitrogens is 2. The Balaban J connectivity index is 1.72. The maximum absolute atomic E-state index is 6.13. The van der Waals surface area contributed by atoms with Gasteiger partial charge in [-0.25, -0.2) is 9.97 Å². The molecule has 2 aliphatic heterocycles. The van der Waals surface area contributed by atoms with Crippen LogP contribution in [0, 0.1) is 0 Å². The van der Waals surface area contributed by atoms with E-state index < -0.39 is 0 Å². The standard InChI is InChI=1S/C15H14N4O2/c1-2-11(10-6-16-9-17-7-10)14-12(3-1)20-8-13(21-14)15-18-4-5-19-15/h1-3,6-7,9,13H,4-5,8H2,(H,18,19). The summed E-state index contributed by atoms with van der Waals surface area (Å²) in [5, 5.41) is 3.24. The van der Waals surface area contributed by atoms with E-state index in [1.54, 1.807) is 12.4 Å². The Hall–Kier alpha value is -2.63. The molecule has 0 saturated carbocycles. The largest absolute Gasteiger partial charge is 0.485 e. The molecule has 0 radical (unpaired) electrons. The smallest absolute Gasteiger partial charge is 0.189 e. The second-order valence-corrected chi connectivity index (χ2v) is 4.87. The molecule has 0 aliphatic carbocycles. The van der Waals surface area contributed by atoms with Crippen molar-refractivity contribution in [2.45, 2.75) is 6.10 Å². The molecule has 1 N–H and O–H groups in total. The van der Waals surface area contributed by atoms with Gasteiger partial charge in [0.05, 0.1) is 6.54 Å². The van der Waals surface area contributed by atoms with Gasteiger partial charge in [0.15, 0.2) is 17.6 Å². The molecule has 4 rings (SSSR count). The summed E-state index contributed by atoms with van der Waals surface area (Å²) in [6.45, 7) is 2.11. The molecule has 0 bridgehead atoms. The van der Waals surface area contributed by atoms with E-state index in [0.29, 0.717) is 6.61 Å². The highest BCUT2D eigenvalue weighted by atomic mass is 16.6. The topological polar surface area (TPSA) is 68.6 Å². The van der Waals surface area contributed by atoms with E-state index in [-0.39, 0.29) is 6.10 Å². The van der Waals surface area contributed by atoms with Crippen molar-refractivity contribution in [3.05, 3.63) is 36.9 Å². The van der Waals surface area contributed by atoms with Crippen molar-refractivity contribution in [3.8, 4) is 22.6 Å². The van der Waals surface area contributed by atoms with Crippen LogP contribution in [0.1, 0.15) is 0 Å². The number of benzene rings is 1. The van der Waals surface area contributed by atoms with Crippen LogP contribution in [-0.2, 0) is 0 Å². The van der Waals surface area contributed by atoms with Gasteiger partial charge in [0.1, 0.15) is 18.8 Å². The van der Waals surface area contributed by atoms with Gasteiger partial charge in [0.2, 0.25) is 0 Å². The molecular weight excluding hydrogens is 268 g/mol. The fourth-order valence-corrected chi connectivity index (χ4v) is 2.52. The lowest BCUT2D eigenvalue weighted by Crippen LogP contribution is -2.42. The molecule has 0 spiro atoms. The number of amidine groups is 1. The molecule has 2 aliphatic rings. The first kappa shape index (κ1) is 12.1. The quantitative estimate of drug-likeness (QED) is 0.898. The zero-order valence-corrected chi connectivity index (χ0v) is 11.3. The van der Waals surface area contributed by atoms with Crippen molar-refractivity contribution in [2.75, 3.05) is 19.7 Å². The third kappa shape index (κ3) is 2.18. The van der Waals surface area contributed by atoms with Crippen LogP contribution in [-0.4, -0.2) is 41.6 Å². The lowest BCUT2D eigenvalue weighted by molar-refractivity contribution is 0.134. The molecule has 0 saturated heterocycles. The third-order valence-corrected chi connectivity index (χ3v) is 3.51. The molecule has 6 heteroatoms. The van der Waals surface area contributed by atoms with Crippen molar-refractivity contribution < 1.29 is 9.47 Å².